The van der Waals surface area contributed by atoms with E-state index in [1.165, 1.54) is 14.2 Å². The Balaban J connectivity index is 2.85. The number of likely N-dealkylation sites (N-methyl/N-ethyl adjacent to an activating group) is 1. The molecule has 0 spiro atoms. The van der Waals surface area contributed by atoms with Crippen LogP contribution in [0.5, 0.6) is 0 Å². The fourth-order valence-electron chi connectivity index (χ4n) is 2.48. The van der Waals surface area contributed by atoms with E-state index in [2.05, 4.69) is 17.2 Å². The van der Waals surface area contributed by atoms with Crippen molar-refractivity contribution in [1.29, 1.82) is 0 Å². The number of aromatic nitrogens is 1. The number of carbonyl (C=O) groups is 2. The molecule has 1 aromatic heterocycles. The molecule has 0 radical (unpaired) electrons. The second-order valence-corrected chi connectivity index (χ2v) is 5.79. The summed E-state index contributed by atoms with van der Waals surface area (Å²) < 4.78 is 0. The first-order valence-corrected chi connectivity index (χ1v) is 8.61. The van der Waals surface area contributed by atoms with Crippen LogP contribution in [0.15, 0.2) is 18.3 Å². The first kappa shape index (κ1) is 20.1. The zero-order valence-electron chi connectivity index (χ0n) is 15.2. The smallest absolute Gasteiger partial charge is 0.268 e. The molecular formula is C18H29N3O3. The van der Waals surface area contributed by atoms with Crippen molar-refractivity contribution in [2.75, 3.05) is 14.2 Å². The average Bonchev–Trinajstić information content (AvgIpc) is 2.60. The molecule has 1 heterocycles. The molecule has 1 N–H and O–H groups in total. The summed E-state index contributed by atoms with van der Waals surface area (Å²) in [6.07, 6.45) is 7.02. The van der Waals surface area contributed by atoms with Crippen LogP contribution in [-0.2, 0) is 16.1 Å². The highest BCUT2D eigenvalue weighted by atomic mass is 16.7. The number of unbranched alkanes of at least 4 members (excludes halogenated alkanes) is 2. The van der Waals surface area contributed by atoms with Gasteiger partial charge in [0.2, 0.25) is 0 Å². The maximum Gasteiger partial charge on any atom is 0.268 e. The quantitative estimate of drug-likeness (QED) is 0.527. The van der Waals surface area contributed by atoms with Crippen LogP contribution in [0.2, 0.25) is 0 Å². The molecule has 0 aromatic carbocycles. The van der Waals surface area contributed by atoms with Gasteiger partial charge in [0.05, 0.1) is 18.4 Å². The van der Waals surface area contributed by atoms with E-state index in [0.717, 1.165) is 42.9 Å². The number of aryl methyl sites for hydroxylation is 1. The topological polar surface area (TPSA) is 71.5 Å². The highest BCUT2D eigenvalue weighted by Crippen LogP contribution is 2.11. The van der Waals surface area contributed by atoms with Crippen molar-refractivity contribution >= 4 is 11.8 Å². The Kier molecular flexibility index (Phi) is 9.01. The summed E-state index contributed by atoms with van der Waals surface area (Å²) in [5, 5.41) is 3.97. The van der Waals surface area contributed by atoms with Crippen molar-refractivity contribution in [2.24, 2.45) is 0 Å². The molecule has 0 unspecified atom stereocenters. The summed E-state index contributed by atoms with van der Waals surface area (Å²) >= 11 is 0. The van der Waals surface area contributed by atoms with Gasteiger partial charge < -0.3 is 5.32 Å². The van der Waals surface area contributed by atoms with Crippen molar-refractivity contribution in [3.63, 3.8) is 0 Å². The first-order chi connectivity index (χ1) is 11.5. The van der Waals surface area contributed by atoms with Crippen LogP contribution in [0, 0.1) is 0 Å². The van der Waals surface area contributed by atoms with Crippen molar-refractivity contribution in [3.05, 3.63) is 29.6 Å². The molecule has 6 heteroatoms. The predicted octanol–water partition coefficient (Wildman–Crippen LogP) is 2.73. The lowest BCUT2D eigenvalue weighted by Crippen LogP contribution is -2.47. The molecule has 0 saturated carbocycles. The lowest BCUT2D eigenvalue weighted by molar-refractivity contribution is -0.171. The molecule has 6 nitrogen and oxygen atoms in total. The van der Waals surface area contributed by atoms with Crippen LogP contribution in [0.1, 0.15) is 62.0 Å². The normalized spacial score (nSPS) is 11.8. The molecule has 2 amide bonds. The molecule has 1 rings (SSSR count). The summed E-state index contributed by atoms with van der Waals surface area (Å²) in [7, 11) is 2.97. The van der Waals surface area contributed by atoms with Gasteiger partial charge in [-0.05, 0) is 31.4 Å². The highest BCUT2D eigenvalue weighted by Gasteiger charge is 2.25. The minimum Gasteiger partial charge on any atom is -0.340 e. The van der Waals surface area contributed by atoms with Crippen molar-refractivity contribution in [3.8, 4) is 0 Å². The zero-order valence-corrected chi connectivity index (χ0v) is 15.2. The third-order valence-corrected chi connectivity index (χ3v) is 3.92. The Morgan fingerprint density at radius 2 is 2.04 bits per heavy atom. The van der Waals surface area contributed by atoms with Crippen LogP contribution in [0.25, 0.3) is 0 Å². The number of nitrogens with zero attached hydrogens (tertiary/aromatic N) is 2. The Morgan fingerprint density at radius 3 is 2.67 bits per heavy atom. The van der Waals surface area contributed by atoms with E-state index >= 15 is 0 Å². The molecule has 1 aromatic rings. The van der Waals surface area contributed by atoms with Gasteiger partial charge in [-0.2, -0.15) is 0 Å². The Labute approximate surface area is 144 Å². The van der Waals surface area contributed by atoms with Gasteiger partial charge in [-0.25, -0.2) is 5.06 Å². The third kappa shape index (κ3) is 5.92. The van der Waals surface area contributed by atoms with Gasteiger partial charge in [0.1, 0.15) is 6.04 Å². The van der Waals surface area contributed by atoms with Gasteiger partial charge in [0.25, 0.3) is 11.8 Å². The second kappa shape index (κ2) is 10.8. The van der Waals surface area contributed by atoms with Gasteiger partial charge in [-0.1, -0.05) is 33.1 Å². The molecular weight excluding hydrogens is 306 g/mol. The Morgan fingerprint density at radius 1 is 1.29 bits per heavy atom. The number of amides is 2. The number of hydrogen-bond acceptors (Lipinski definition) is 4. The number of pyridine rings is 1. The summed E-state index contributed by atoms with van der Waals surface area (Å²) in [6, 6.07) is 2.91. The maximum atomic E-state index is 12.6. The molecule has 24 heavy (non-hydrogen) atoms. The van der Waals surface area contributed by atoms with E-state index in [0.29, 0.717) is 12.0 Å². The zero-order chi connectivity index (χ0) is 17.9. The maximum absolute atomic E-state index is 12.6. The van der Waals surface area contributed by atoms with Gasteiger partial charge in [-0.15, -0.1) is 0 Å². The molecule has 0 fully saturated rings. The number of nitrogens with one attached hydrogen (secondary N) is 1. The van der Waals surface area contributed by atoms with E-state index in [9.17, 15) is 9.59 Å². The summed E-state index contributed by atoms with van der Waals surface area (Å²) in [5.74, 6) is -0.518. The lowest BCUT2D eigenvalue weighted by Gasteiger charge is -2.22. The van der Waals surface area contributed by atoms with E-state index in [-0.39, 0.29) is 11.8 Å². The number of carbonyl (C=O) groups excluding carboxylic acids is 2. The molecule has 0 bridgehead atoms. The SMILES string of the molecule is CCCCCc1ncccc1C(=O)N[C@@H](CCC)C(=O)N(C)OC. The van der Waals surface area contributed by atoms with Crippen LogP contribution >= 0.6 is 0 Å². The summed E-state index contributed by atoms with van der Waals surface area (Å²) in [6.45, 7) is 4.11. The lowest BCUT2D eigenvalue weighted by atomic mass is 10.1. The number of hydrogen-bond donors (Lipinski definition) is 1. The minimum atomic E-state index is -0.601. The standard InChI is InChI=1S/C18H29N3O3/c1-5-7-8-12-15-14(11-9-13-19-15)17(22)20-16(10-6-2)18(23)21(3)24-4/h9,11,13,16H,5-8,10,12H2,1-4H3,(H,20,22)/t16-/m0/s1. The van der Waals surface area contributed by atoms with Crippen LogP contribution in [-0.4, -0.2) is 42.1 Å². The van der Waals surface area contributed by atoms with Gasteiger partial charge >= 0.3 is 0 Å². The predicted molar refractivity (Wildman–Crippen MR) is 93.4 cm³/mol. The van der Waals surface area contributed by atoms with E-state index in [1.807, 2.05) is 6.92 Å². The fraction of sp³-hybridized carbons (Fsp3) is 0.611. The monoisotopic (exact) mass is 335 g/mol. The van der Waals surface area contributed by atoms with E-state index in [1.54, 1.807) is 18.3 Å². The van der Waals surface area contributed by atoms with Crippen molar-refractivity contribution in [1.82, 2.24) is 15.4 Å². The molecule has 0 aliphatic heterocycles. The third-order valence-electron chi connectivity index (χ3n) is 3.92. The van der Waals surface area contributed by atoms with Gasteiger partial charge in [0.15, 0.2) is 0 Å². The molecule has 0 saturated heterocycles. The molecule has 1 atom stereocenters. The second-order valence-electron chi connectivity index (χ2n) is 5.79. The molecule has 0 aliphatic carbocycles. The van der Waals surface area contributed by atoms with Crippen LogP contribution < -0.4 is 5.32 Å². The number of rotatable bonds is 10. The molecule has 134 valence electrons. The van der Waals surface area contributed by atoms with Crippen LogP contribution in [0.4, 0.5) is 0 Å². The molecule has 0 aliphatic rings. The summed E-state index contributed by atoms with van der Waals surface area (Å²) in [4.78, 5) is 34.2. The Bertz CT molecular complexity index is 534. The first-order valence-electron chi connectivity index (χ1n) is 8.61. The Hall–Kier alpha value is -1.95. The summed E-state index contributed by atoms with van der Waals surface area (Å²) in [5.41, 5.74) is 1.33. The number of hydroxylamine groups is 2. The minimum absolute atomic E-state index is 0.258. The van der Waals surface area contributed by atoms with E-state index < -0.39 is 6.04 Å². The van der Waals surface area contributed by atoms with Gasteiger partial charge in [0, 0.05) is 13.2 Å². The fourth-order valence-corrected chi connectivity index (χ4v) is 2.48. The van der Waals surface area contributed by atoms with Crippen LogP contribution in [0.3, 0.4) is 0 Å². The van der Waals surface area contributed by atoms with E-state index in [4.69, 9.17) is 4.84 Å². The largest absolute Gasteiger partial charge is 0.340 e. The van der Waals surface area contributed by atoms with Gasteiger partial charge in [-0.3, -0.25) is 19.4 Å². The van der Waals surface area contributed by atoms with Crippen molar-refractivity contribution in [2.45, 2.75) is 58.4 Å². The average molecular weight is 335 g/mol. The van der Waals surface area contributed by atoms with Crippen molar-refractivity contribution < 1.29 is 14.4 Å². The highest BCUT2D eigenvalue weighted by molar-refractivity contribution is 5.98.